The van der Waals surface area contributed by atoms with Crippen molar-refractivity contribution in [1.29, 1.82) is 0 Å². The number of carbonyl (C=O) groups is 1. The third kappa shape index (κ3) is 4.23. The molecule has 0 aromatic carbocycles. The van der Waals surface area contributed by atoms with Crippen LogP contribution in [0, 0.1) is 11.8 Å². The van der Waals surface area contributed by atoms with Gasteiger partial charge in [-0.15, -0.1) is 0 Å². The van der Waals surface area contributed by atoms with Crippen LogP contribution in [0.3, 0.4) is 0 Å². The molecule has 0 spiro atoms. The molecule has 0 bridgehead atoms. The summed E-state index contributed by atoms with van der Waals surface area (Å²) in [7, 11) is 0. The second-order valence-corrected chi connectivity index (χ2v) is 5.96. The average Bonchev–Trinajstić information content (AvgIpc) is 2.86. The highest BCUT2D eigenvalue weighted by Crippen LogP contribution is 2.26. The van der Waals surface area contributed by atoms with Gasteiger partial charge in [-0.3, -0.25) is 0 Å². The van der Waals surface area contributed by atoms with E-state index in [1.54, 1.807) is 0 Å². The van der Waals surface area contributed by atoms with Gasteiger partial charge in [0.15, 0.2) is 0 Å². The third-order valence-corrected chi connectivity index (χ3v) is 4.05. The van der Waals surface area contributed by atoms with Gasteiger partial charge in [-0.1, -0.05) is 26.0 Å². The largest absolute Gasteiger partial charge is 0.378 e. The molecule has 0 saturated carbocycles. The Kier molecular flexibility index (Phi) is 5.25. The molecule has 0 aromatic heterocycles. The van der Waals surface area contributed by atoms with Gasteiger partial charge in [-0.25, -0.2) is 4.79 Å². The molecule has 4 nitrogen and oxygen atoms in total. The first kappa shape index (κ1) is 14.4. The molecule has 2 amide bonds. The zero-order valence-electron chi connectivity index (χ0n) is 12.0. The van der Waals surface area contributed by atoms with E-state index >= 15 is 0 Å². The van der Waals surface area contributed by atoms with Crippen LogP contribution in [0.5, 0.6) is 0 Å². The maximum absolute atomic E-state index is 11.9. The van der Waals surface area contributed by atoms with Crippen LogP contribution in [0.15, 0.2) is 12.2 Å². The van der Waals surface area contributed by atoms with Crippen LogP contribution in [0.25, 0.3) is 0 Å². The molecule has 108 valence electrons. The molecule has 0 aromatic rings. The zero-order chi connectivity index (χ0) is 13.7. The van der Waals surface area contributed by atoms with Crippen LogP contribution >= 0.6 is 0 Å². The molecule has 1 saturated heterocycles. The van der Waals surface area contributed by atoms with Gasteiger partial charge < -0.3 is 15.4 Å². The number of allylic oxidation sites excluding steroid dienone is 1. The number of carbonyl (C=O) groups excluding carboxylic acids is 1. The van der Waals surface area contributed by atoms with Crippen LogP contribution < -0.4 is 10.6 Å². The Labute approximate surface area is 116 Å². The van der Waals surface area contributed by atoms with Gasteiger partial charge in [-0.2, -0.15) is 0 Å². The monoisotopic (exact) mass is 266 g/mol. The molecule has 4 heteroatoms. The number of urea groups is 1. The van der Waals surface area contributed by atoms with Crippen LogP contribution in [-0.4, -0.2) is 31.3 Å². The van der Waals surface area contributed by atoms with E-state index in [4.69, 9.17) is 4.74 Å². The van der Waals surface area contributed by atoms with E-state index in [0.717, 1.165) is 38.8 Å². The Morgan fingerprint density at radius 2 is 2.21 bits per heavy atom. The van der Waals surface area contributed by atoms with Gasteiger partial charge in [0.1, 0.15) is 0 Å². The van der Waals surface area contributed by atoms with Gasteiger partial charge >= 0.3 is 6.03 Å². The van der Waals surface area contributed by atoms with Crippen molar-refractivity contribution in [3.63, 3.8) is 0 Å². The van der Waals surface area contributed by atoms with Crippen molar-refractivity contribution in [3.8, 4) is 0 Å². The number of nitrogens with one attached hydrogen (secondary N) is 2. The predicted molar refractivity (Wildman–Crippen MR) is 76.0 cm³/mol. The molecule has 1 aliphatic carbocycles. The maximum atomic E-state index is 11.9. The van der Waals surface area contributed by atoms with Crippen LogP contribution in [0.1, 0.15) is 39.5 Å². The minimum atomic E-state index is -0.0327. The SMILES string of the molecule is CC(C)[C@H]1OCC[C@@H]1CNC(=O)N[C@@H]1CC=CCC1. The lowest BCUT2D eigenvalue weighted by Gasteiger charge is -2.24. The van der Waals surface area contributed by atoms with Gasteiger partial charge in [-0.05, 0) is 31.6 Å². The minimum absolute atomic E-state index is 0.0327. The Morgan fingerprint density at radius 1 is 1.37 bits per heavy atom. The van der Waals surface area contributed by atoms with Crippen molar-refractivity contribution in [2.75, 3.05) is 13.2 Å². The predicted octanol–water partition coefficient (Wildman–Crippen LogP) is 2.46. The van der Waals surface area contributed by atoms with Crippen LogP contribution in [0.2, 0.25) is 0 Å². The normalized spacial score (nSPS) is 30.6. The molecule has 2 rings (SSSR count). The molecule has 2 aliphatic rings. The summed E-state index contributed by atoms with van der Waals surface area (Å²) in [4.78, 5) is 11.9. The lowest BCUT2D eigenvalue weighted by molar-refractivity contribution is 0.0545. The molecule has 1 fully saturated rings. The Bertz CT molecular complexity index is 328. The third-order valence-electron chi connectivity index (χ3n) is 4.05. The molecular formula is C15H26N2O2. The van der Waals surface area contributed by atoms with Gasteiger partial charge in [0.2, 0.25) is 0 Å². The van der Waals surface area contributed by atoms with Gasteiger partial charge in [0.05, 0.1) is 6.10 Å². The molecule has 0 radical (unpaired) electrons. The average molecular weight is 266 g/mol. The lowest BCUT2D eigenvalue weighted by atomic mass is 9.93. The number of rotatable bonds is 4. The van der Waals surface area contributed by atoms with Crippen molar-refractivity contribution >= 4 is 6.03 Å². The summed E-state index contributed by atoms with van der Waals surface area (Å²) in [5.41, 5.74) is 0. The Balaban J connectivity index is 1.69. The minimum Gasteiger partial charge on any atom is -0.378 e. The number of amides is 2. The van der Waals surface area contributed by atoms with Crippen molar-refractivity contribution < 1.29 is 9.53 Å². The van der Waals surface area contributed by atoms with E-state index in [1.165, 1.54) is 0 Å². The Morgan fingerprint density at radius 3 is 2.89 bits per heavy atom. The zero-order valence-corrected chi connectivity index (χ0v) is 12.0. The first-order valence-corrected chi connectivity index (χ1v) is 7.47. The second kappa shape index (κ2) is 6.94. The fourth-order valence-electron chi connectivity index (χ4n) is 3.00. The Hall–Kier alpha value is -1.03. The van der Waals surface area contributed by atoms with Crippen molar-refractivity contribution in [2.24, 2.45) is 11.8 Å². The molecule has 19 heavy (non-hydrogen) atoms. The highest BCUT2D eigenvalue weighted by atomic mass is 16.5. The summed E-state index contributed by atoms with van der Waals surface area (Å²) in [6, 6.07) is 0.264. The second-order valence-electron chi connectivity index (χ2n) is 5.96. The summed E-state index contributed by atoms with van der Waals surface area (Å²) in [6.07, 6.45) is 8.73. The van der Waals surface area contributed by atoms with Crippen molar-refractivity contribution in [2.45, 2.75) is 51.7 Å². The summed E-state index contributed by atoms with van der Waals surface area (Å²) in [5, 5.41) is 6.05. The van der Waals surface area contributed by atoms with E-state index in [0.29, 0.717) is 17.9 Å². The highest BCUT2D eigenvalue weighted by Gasteiger charge is 2.30. The summed E-state index contributed by atoms with van der Waals surface area (Å²) in [5.74, 6) is 0.970. The van der Waals surface area contributed by atoms with E-state index in [1.807, 2.05) is 0 Å². The van der Waals surface area contributed by atoms with E-state index in [2.05, 4.69) is 36.6 Å². The lowest BCUT2D eigenvalue weighted by Crippen LogP contribution is -2.45. The summed E-state index contributed by atoms with van der Waals surface area (Å²) >= 11 is 0. The summed E-state index contributed by atoms with van der Waals surface area (Å²) < 4.78 is 5.73. The fraction of sp³-hybridized carbons (Fsp3) is 0.800. The van der Waals surface area contributed by atoms with E-state index < -0.39 is 0 Å². The first-order valence-electron chi connectivity index (χ1n) is 7.47. The molecule has 0 unspecified atom stereocenters. The molecule has 1 aliphatic heterocycles. The molecular weight excluding hydrogens is 240 g/mol. The highest BCUT2D eigenvalue weighted by molar-refractivity contribution is 5.74. The van der Waals surface area contributed by atoms with Crippen LogP contribution in [0.4, 0.5) is 4.79 Å². The number of ether oxygens (including phenoxy) is 1. The van der Waals surface area contributed by atoms with E-state index in [-0.39, 0.29) is 12.1 Å². The maximum Gasteiger partial charge on any atom is 0.315 e. The van der Waals surface area contributed by atoms with Crippen molar-refractivity contribution in [3.05, 3.63) is 12.2 Å². The smallest absolute Gasteiger partial charge is 0.315 e. The molecule has 2 N–H and O–H groups in total. The van der Waals surface area contributed by atoms with E-state index in [9.17, 15) is 4.79 Å². The van der Waals surface area contributed by atoms with Crippen molar-refractivity contribution in [1.82, 2.24) is 10.6 Å². The number of hydrogen-bond acceptors (Lipinski definition) is 2. The standard InChI is InChI=1S/C15H26N2O2/c1-11(2)14-12(8-9-19-14)10-16-15(18)17-13-6-4-3-5-7-13/h3-4,11-14H,5-10H2,1-2H3,(H2,16,17,18)/t12-,13-,14-/m1/s1. The van der Waals surface area contributed by atoms with Gasteiger partial charge in [0, 0.05) is 25.1 Å². The summed E-state index contributed by atoms with van der Waals surface area (Å²) in [6.45, 7) is 5.90. The fourth-order valence-corrected chi connectivity index (χ4v) is 3.00. The molecule has 1 heterocycles. The number of hydrogen-bond donors (Lipinski definition) is 2. The molecule has 3 atom stereocenters. The quantitative estimate of drug-likeness (QED) is 0.768. The first-order chi connectivity index (χ1) is 9.16. The van der Waals surface area contributed by atoms with Gasteiger partial charge in [0.25, 0.3) is 0 Å². The topological polar surface area (TPSA) is 50.4 Å². The van der Waals surface area contributed by atoms with Crippen LogP contribution in [-0.2, 0) is 4.74 Å².